The first-order valence-electron chi connectivity index (χ1n) is 7.85. The van der Waals surface area contributed by atoms with E-state index >= 15 is 0 Å². The van der Waals surface area contributed by atoms with Crippen molar-refractivity contribution in [3.05, 3.63) is 72.4 Å². The highest BCUT2D eigenvalue weighted by atomic mass is 32.2. The van der Waals surface area contributed by atoms with E-state index in [0.717, 1.165) is 21.8 Å². The van der Waals surface area contributed by atoms with Gasteiger partial charge < -0.3 is 16.2 Å². The molecule has 3 aromatic rings. The molecule has 2 aromatic carbocycles. The lowest BCUT2D eigenvalue weighted by Crippen LogP contribution is -2.06. The fourth-order valence-electron chi connectivity index (χ4n) is 2.41. The lowest BCUT2D eigenvalue weighted by Gasteiger charge is -2.11. The number of pyridine rings is 1. The molecule has 0 aliphatic carbocycles. The summed E-state index contributed by atoms with van der Waals surface area (Å²) in [6.45, 7) is 3.69. The third-order valence-electron chi connectivity index (χ3n) is 3.76. The van der Waals surface area contributed by atoms with E-state index < -0.39 is 11.6 Å². The van der Waals surface area contributed by atoms with Crippen molar-refractivity contribution in [3.8, 4) is 11.3 Å². The number of nitrogens with zero attached hydrogens (tertiary/aromatic N) is 1. The maximum absolute atomic E-state index is 13.7. The Bertz CT molecular complexity index is 1030. The number of benzene rings is 2. The first kappa shape index (κ1) is 19.1. The Kier molecular flexibility index (Phi) is 5.63. The third kappa shape index (κ3) is 4.21. The molecule has 27 heavy (non-hydrogen) atoms. The minimum Gasteiger partial charge on any atom is -0.397 e. The van der Waals surface area contributed by atoms with Gasteiger partial charge >= 0.3 is 0 Å². The molecule has 0 radical (unpaired) electrons. The Hall–Kier alpha value is -2.63. The van der Waals surface area contributed by atoms with Gasteiger partial charge in [0.15, 0.2) is 11.6 Å². The van der Waals surface area contributed by atoms with Gasteiger partial charge in [-0.25, -0.2) is 13.8 Å². The van der Waals surface area contributed by atoms with E-state index in [2.05, 4.69) is 25.5 Å². The van der Waals surface area contributed by atoms with E-state index in [1.54, 1.807) is 12.1 Å². The van der Waals surface area contributed by atoms with Crippen molar-refractivity contribution in [1.82, 2.24) is 4.98 Å². The minimum absolute atomic E-state index is 0.0840. The van der Waals surface area contributed by atoms with Crippen molar-refractivity contribution < 1.29 is 8.78 Å². The second-order valence-corrected chi connectivity index (χ2v) is 7.22. The van der Waals surface area contributed by atoms with Crippen LogP contribution in [-0.2, 0) is 0 Å². The molecule has 0 saturated carbocycles. The van der Waals surface area contributed by atoms with Crippen LogP contribution in [0.1, 0.15) is 5.69 Å². The van der Waals surface area contributed by atoms with Crippen molar-refractivity contribution in [2.45, 2.75) is 4.90 Å². The number of nitrogen functional groups attached to an aromatic ring is 1. The SMILES string of the molecule is C=C(N)c1nc(-c2ccc(SNc3cccc(F)c3F)cc2P)ccc1N. The Balaban J connectivity index is 1.83. The number of hydrogen-bond acceptors (Lipinski definition) is 5. The van der Waals surface area contributed by atoms with Crippen LogP contribution >= 0.6 is 21.2 Å². The number of rotatable bonds is 5. The standard InChI is InChI=1S/C19H17F2N4PS/c1-10(22)19-14(23)7-8-15(24-19)12-6-5-11(9-17(12)26)27-25-16-4-2-3-13(20)18(16)21/h2-9,25H,1,22-23,26H2. The molecule has 5 N–H and O–H groups in total. The van der Waals surface area contributed by atoms with Gasteiger partial charge in [0, 0.05) is 10.5 Å². The summed E-state index contributed by atoms with van der Waals surface area (Å²) in [6.07, 6.45) is 0. The van der Waals surface area contributed by atoms with Crippen molar-refractivity contribution in [3.63, 3.8) is 0 Å². The number of nitrogens with one attached hydrogen (secondary N) is 1. The van der Waals surface area contributed by atoms with Crippen molar-refractivity contribution in [2.24, 2.45) is 5.73 Å². The topological polar surface area (TPSA) is 77.0 Å². The normalized spacial score (nSPS) is 10.6. The highest BCUT2D eigenvalue weighted by molar-refractivity contribution is 8.00. The van der Waals surface area contributed by atoms with Gasteiger partial charge in [0.25, 0.3) is 0 Å². The van der Waals surface area contributed by atoms with Crippen LogP contribution in [0, 0.1) is 11.6 Å². The summed E-state index contributed by atoms with van der Waals surface area (Å²) < 4.78 is 29.8. The van der Waals surface area contributed by atoms with Crippen LogP contribution in [0.5, 0.6) is 0 Å². The van der Waals surface area contributed by atoms with Crippen molar-refractivity contribution >= 4 is 43.6 Å². The van der Waals surface area contributed by atoms with Gasteiger partial charge in [-0.1, -0.05) is 18.7 Å². The number of hydrogen-bond donors (Lipinski definition) is 3. The number of aromatic nitrogens is 1. The Morgan fingerprint density at radius 3 is 2.63 bits per heavy atom. The van der Waals surface area contributed by atoms with Crippen molar-refractivity contribution in [1.29, 1.82) is 0 Å². The van der Waals surface area contributed by atoms with E-state index in [-0.39, 0.29) is 5.69 Å². The fourth-order valence-corrected chi connectivity index (χ4v) is 3.66. The van der Waals surface area contributed by atoms with Crippen LogP contribution in [0.2, 0.25) is 0 Å². The summed E-state index contributed by atoms with van der Waals surface area (Å²) in [5, 5.41) is 0.882. The zero-order chi connectivity index (χ0) is 19.6. The summed E-state index contributed by atoms with van der Waals surface area (Å²) >= 11 is 1.18. The average Bonchev–Trinajstić information content (AvgIpc) is 2.63. The van der Waals surface area contributed by atoms with Crippen LogP contribution in [0.25, 0.3) is 17.0 Å². The maximum Gasteiger partial charge on any atom is 0.182 e. The molecule has 0 aliphatic heterocycles. The van der Waals surface area contributed by atoms with Crippen LogP contribution in [0.15, 0.2) is 60.0 Å². The average molecular weight is 402 g/mol. The van der Waals surface area contributed by atoms with Gasteiger partial charge in [0.2, 0.25) is 0 Å². The summed E-state index contributed by atoms with van der Waals surface area (Å²) in [5.74, 6) is -1.80. The predicted octanol–water partition coefficient (Wildman–Crippen LogP) is 4.16. The molecule has 8 heteroatoms. The first-order valence-corrected chi connectivity index (χ1v) is 9.24. The number of halogens is 2. The van der Waals surface area contributed by atoms with Gasteiger partial charge in [0.1, 0.15) is 5.69 Å². The van der Waals surface area contributed by atoms with Crippen molar-refractivity contribution in [2.75, 3.05) is 10.5 Å². The number of anilines is 2. The van der Waals surface area contributed by atoms with E-state index in [4.69, 9.17) is 11.5 Å². The molecule has 3 rings (SSSR count). The van der Waals surface area contributed by atoms with Crippen LogP contribution in [0.4, 0.5) is 20.2 Å². The van der Waals surface area contributed by atoms with E-state index in [9.17, 15) is 8.78 Å². The molecule has 0 fully saturated rings. The molecular formula is C19H17F2N4PS. The summed E-state index contributed by atoms with van der Waals surface area (Å²) in [5.41, 5.74) is 14.5. The minimum atomic E-state index is -0.909. The van der Waals surface area contributed by atoms with Gasteiger partial charge in [-0.15, -0.1) is 9.24 Å². The fraction of sp³-hybridized carbons (Fsp3) is 0. The molecule has 0 aliphatic rings. The zero-order valence-electron chi connectivity index (χ0n) is 14.2. The molecule has 1 aromatic heterocycles. The predicted molar refractivity (Wildman–Crippen MR) is 112 cm³/mol. The van der Waals surface area contributed by atoms with Gasteiger partial charge in [-0.2, -0.15) is 0 Å². The lowest BCUT2D eigenvalue weighted by atomic mass is 10.1. The molecule has 0 spiro atoms. The Morgan fingerprint density at radius 1 is 1.15 bits per heavy atom. The van der Waals surface area contributed by atoms with Gasteiger partial charge in [0.05, 0.1) is 22.8 Å². The molecule has 1 atom stereocenters. The molecule has 1 heterocycles. The summed E-state index contributed by atoms with van der Waals surface area (Å²) in [7, 11) is 2.64. The smallest absolute Gasteiger partial charge is 0.182 e. The van der Waals surface area contributed by atoms with Gasteiger partial charge in [-0.3, -0.25) is 0 Å². The largest absolute Gasteiger partial charge is 0.397 e. The summed E-state index contributed by atoms with van der Waals surface area (Å²) in [4.78, 5) is 5.30. The van der Waals surface area contributed by atoms with Gasteiger partial charge in [-0.05, 0) is 53.7 Å². The van der Waals surface area contributed by atoms with Crippen LogP contribution in [-0.4, -0.2) is 4.98 Å². The third-order valence-corrected chi connectivity index (χ3v) is 5.05. The monoisotopic (exact) mass is 402 g/mol. The molecular weight excluding hydrogens is 385 g/mol. The maximum atomic E-state index is 13.7. The van der Waals surface area contributed by atoms with E-state index in [0.29, 0.717) is 22.8 Å². The molecule has 0 amide bonds. The highest BCUT2D eigenvalue weighted by Crippen LogP contribution is 2.28. The van der Waals surface area contributed by atoms with Crippen LogP contribution in [0.3, 0.4) is 0 Å². The zero-order valence-corrected chi connectivity index (χ0v) is 16.1. The van der Waals surface area contributed by atoms with Crippen LogP contribution < -0.4 is 21.5 Å². The first-order chi connectivity index (χ1) is 12.9. The molecule has 4 nitrogen and oxygen atoms in total. The summed E-state index contributed by atoms with van der Waals surface area (Å²) in [6, 6.07) is 13.2. The second-order valence-electron chi connectivity index (χ2n) is 5.71. The van der Waals surface area contributed by atoms with E-state index in [1.807, 2.05) is 18.2 Å². The Morgan fingerprint density at radius 2 is 1.93 bits per heavy atom. The number of nitrogens with two attached hydrogens (primary N) is 2. The molecule has 0 saturated heterocycles. The molecule has 1 unspecified atom stereocenters. The lowest BCUT2D eigenvalue weighted by molar-refractivity contribution is 0.512. The highest BCUT2D eigenvalue weighted by Gasteiger charge is 2.11. The quantitative estimate of drug-likeness (QED) is 0.441. The second kappa shape index (κ2) is 7.94. The Labute approximate surface area is 162 Å². The molecule has 138 valence electrons. The van der Waals surface area contributed by atoms with E-state index in [1.165, 1.54) is 24.1 Å². The molecule has 0 bridgehead atoms.